The van der Waals surface area contributed by atoms with Crippen molar-refractivity contribution in [3.8, 4) is 0 Å². The lowest BCUT2D eigenvalue weighted by atomic mass is 10.2. The van der Waals surface area contributed by atoms with E-state index in [2.05, 4.69) is 4.90 Å². The Morgan fingerprint density at radius 3 is 2.80 bits per heavy atom. The van der Waals surface area contributed by atoms with Crippen LogP contribution in [0.15, 0.2) is 0 Å². The van der Waals surface area contributed by atoms with E-state index in [1.54, 1.807) is 6.92 Å². The fourth-order valence-electron chi connectivity index (χ4n) is 2.69. The molecule has 86 valence electrons. The molecule has 0 aromatic rings. The van der Waals surface area contributed by atoms with Crippen LogP contribution >= 0.6 is 0 Å². The predicted octanol–water partition coefficient (Wildman–Crippen LogP) is 0.0303. The minimum absolute atomic E-state index is 0.115. The summed E-state index contributed by atoms with van der Waals surface area (Å²) in [6.07, 6.45) is 3.61. The van der Waals surface area contributed by atoms with Crippen molar-refractivity contribution in [2.75, 3.05) is 26.2 Å². The Morgan fingerprint density at radius 2 is 2.07 bits per heavy atom. The number of hydrogen-bond donors (Lipinski definition) is 1. The second-order valence-corrected chi connectivity index (χ2v) is 4.76. The lowest BCUT2D eigenvalue weighted by Crippen LogP contribution is -2.45. The molecule has 4 nitrogen and oxygen atoms in total. The molecule has 2 N–H and O–H groups in total. The van der Waals surface area contributed by atoms with Gasteiger partial charge in [0.05, 0.1) is 6.04 Å². The van der Waals surface area contributed by atoms with Gasteiger partial charge in [-0.25, -0.2) is 0 Å². The van der Waals surface area contributed by atoms with Crippen molar-refractivity contribution in [3.05, 3.63) is 0 Å². The molecule has 2 unspecified atom stereocenters. The van der Waals surface area contributed by atoms with Crippen molar-refractivity contribution in [2.24, 2.45) is 5.73 Å². The summed E-state index contributed by atoms with van der Waals surface area (Å²) in [5.41, 5.74) is 5.65. The highest BCUT2D eigenvalue weighted by Gasteiger charge is 2.31. The van der Waals surface area contributed by atoms with Crippen LogP contribution in [0.3, 0.4) is 0 Å². The van der Waals surface area contributed by atoms with Crippen LogP contribution in [-0.2, 0) is 4.79 Å². The SMILES string of the molecule is CC(N)C(=O)N1CCCN2CCCC2C1. The molecule has 0 aromatic heterocycles. The summed E-state index contributed by atoms with van der Waals surface area (Å²) in [5.74, 6) is 0.115. The van der Waals surface area contributed by atoms with Crippen LogP contribution in [0.2, 0.25) is 0 Å². The summed E-state index contributed by atoms with van der Waals surface area (Å²) in [5, 5.41) is 0. The quantitative estimate of drug-likeness (QED) is 0.666. The van der Waals surface area contributed by atoms with Crippen molar-refractivity contribution in [3.63, 3.8) is 0 Å². The van der Waals surface area contributed by atoms with E-state index in [4.69, 9.17) is 5.73 Å². The normalized spacial score (nSPS) is 29.7. The third kappa shape index (κ3) is 2.32. The van der Waals surface area contributed by atoms with Crippen molar-refractivity contribution in [1.82, 2.24) is 9.80 Å². The molecule has 2 rings (SSSR count). The molecule has 2 aliphatic rings. The van der Waals surface area contributed by atoms with Gasteiger partial charge in [0.1, 0.15) is 0 Å². The maximum atomic E-state index is 11.8. The number of carbonyl (C=O) groups excluding carboxylic acids is 1. The summed E-state index contributed by atoms with van der Waals surface area (Å²) >= 11 is 0. The molecule has 0 aromatic carbocycles. The Labute approximate surface area is 91.4 Å². The van der Waals surface area contributed by atoms with Gasteiger partial charge in [-0.3, -0.25) is 9.69 Å². The summed E-state index contributed by atoms with van der Waals surface area (Å²) < 4.78 is 0. The molecule has 4 heteroatoms. The predicted molar refractivity (Wildman–Crippen MR) is 59.4 cm³/mol. The van der Waals surface area contributed by atoms with E-state index in [9.17, 15) is 4.79 Å². The monoisotopic (exact) mass is 211 g/mol. The Hall–Kier alpha value is -0.610. The van der Waals surface area contributed by atoms with E-state index in [1.807, 2.05) is 4.90 Å². The lowest BCUT2D eigenvalue weighted by Gasteiger charge is -2.26. The van der Waals surface area contributed by atoms with Crippen LogP contribution in [0.4, 0.5) is 0 Å². The van der Waals surface area contributed by atoms with Crippen LogP contribution in [0.5, 0.6) is 0 Å². The van der Waals surface area contributed by atoms with Crippen molar-refractivity contribution in [2.45, 2.75) is 38.3 Å². The number of carbonyl (C=O) groups is 1. The molecule has 0 saturated carbocycles. The standard InChI is InChI=1S/C11H21N3O/c1-9(12)11(15)14-7-3-6-13-5-2-4-10(13)8-14/h9-10H,2-8,12H2,1H3. The first-order chi connectivity index (χ1) is 7.18. The fraction of sp³-hybridized carbons (Fsp3) is 0.909. The van der Waals surface area contributed by atoms with Gasteiger partial charge < -0.3 is 10.6 Å². The molecule has 15 heavy (non-hydrogen) atoms. The van der Waals surface area contributed by atoms with Gasteiger partial charge >= 0.3 is 0 Å². The number of nitrogens with zero attached hydrogens (tertiary/aromatic N) is 2. The molecule has 0 radical (unpaired) electrons. The van der Waals surface area contributed by atoms with E-state index in [0.717, 1.165) is 26.1 Å². The van der Waals surface area contributed by atoms with Gasteiger partial charge in [-0.05, 0) is 32.7 Å². The maximum Gasteiger partial charge on any atom is 0.239 e. The first kappa shape index (κ1) is 10.9. The zero-order chi connectivity index (χ0) is 10.8. The molecular formula is C11H21N3O. The highest BCUT2D eigenvalue weighted by atomic mass is 16.2. The maximum absolute atomic E-state index is 11.8. The number of amides is 1. The van der Waals surface area contributed by atoms with Crippen molar-refractivity contribution >= 4 is 5.91 Å². The zero-order valence-electron chi connectivity index (χ0n) is 9.48. The van der Waals surface area contributed by atoms with Crippen molar-refractivity contribution < 1.29 is 4.79 Å². The van der Waals surface area contributed by atoms with Gasteiger partial charge in [0.25, 0.3) is 0 Å². The van der Waals surface area contributed by atoms with Crippen molar-refractivity contribution in [1.29, 1.82) is 0 Å². The topological polar surface area (TPSA) is 49.6 Å². The number of rotatable bonds is 1. The highest BCUT2D eigenvalue weighted by molar-refractivity contribution is 5.81. The molecule has 0 spiro atoms. The Balaban J connectivity index is 1.99. The van der Waals surface area contributed by atoms with E-state index in [1.165, 1.54) is 19.4 Å². The third-order valence-electron chi connectivity index (χ3n) is 3.50. The Morgan fingerprint density at radius 1 is 1.33 bits per heavy atom. The van der Waals surface area contributed by atoms with Gasteiger partial charge in [0.15, 0.2) is 0 Å². The molecule has 0 aliphatic carbocycles. The van der Waals surface area contributed by atoms with Gasteiger partial charge in [-0.1, -0.05) is 0 Å². The van der Waals surface area contributed by atoms with E-state index >= 15 is 0 Å². The molecule has 0 bridgehead atoms. The van der Waals surface area contributed by atoms with E-state index in [0.29, 0.717) is 6.04 Å². The minimum Gasteiger partial charge on any atom is -0.340 e. The highest BCUT2D eigenvalue weighted by Crippen LogP contribution is 2.21. The zero-order valence-corrected chi connectivity index (χ0v) is 9.48. The molecule has 2 fully saturated rings. The summed E-state index contributed by atoms with van der Waals surface area (Å²) in [4.78, 5) is 16.3. The van der Waals surface area contributed by atoms with Gasteiger partial charge in [-0.2, -0.15) is 0 Å². The smallest absolute Gasteiger partial charge is 0.239 e. The first-order valence-electron chi connectivity index (χ1n) is 5.97. The van der Waals surface area contributed by atoms with Crippen LogP contribution in [-0.4, -0.2) is 54.0 Å². The molecule has 2 heterocycles. The average Bonchev–Trinajstić information content (AvgIpc) is 2.54. The second-order valence-electron chi connectivity index (χ2n) is 4.76. The molecule has 2 atom stereocenters. The molecule has 2 saturated heterocycles. The van der Waals surface area contributed by atoms with Gasteiger partial charge in [0.2, 0.25) is 5.91 Å². The number of nitrogens with two attached hydrogens (primary N) is 1. The summed E-state index contributed by atoms with van der Waals surface area (Å²) in [6.45, 7) is 5.91. The molecular weight excluding hydrogens is 190 g/mol. The molecule has 2 aliphatic heterocycles. The summed E-state index contributed by atoms with van der Waals surface area (Å²) in [6, 6.07) is 0.244. The van der Waals surface area contributed by atoms with E-state index in [-0.39, 0.29) is 11.9 Å². The number of hydrogen-bond acceptors (Lipinski definition) is 3. The number of fused-ring (bicyclic) bond motifs is 1. The lowest BCUT2D eigenvalue weighted by molar-refractivity contribution is -0.132. The minimum atomic E-state index is -0.349. The Kier molecular flexibility index (Phi) is 3.26. The summed E-state index contributed by atoms with van der Waals surface area (Å²) in [7, 11) is 0. The third-order valence-corrected chi connectivity index (χ3v) is 3.50. The first-order valence-corrected chi connectivity index (χ1v) is 5.97. The van der Waals surface area contributed by atoms with Crippen LogP contribution < -0.4 is 5.73 Å². The largest absolute Gasteiger partial charge is 0.340 e. The Bertz CT molecular complexity index is 242. The van der Waals surface area contributed by atoms with Gasteiger partial charge in [-0.15, -0.1) is 0 Å². The van der Waals surface area contributed by atoms with Gasteiger partial charge in [0, 0.05) is 25.7 Å². The fourth-order valence-corrected chi connectivity index (χ4v) is 2.69. The van der Waals surface area contributed by atoms with Crippen LogP contribution in [0.1, 0.15) is 26.2 Å². The second kappa shape index (κ2) is 4.49. The van der Waals surface area contributed by atoms with E-state index < -0.39 is 0 Å². The average molecular weight is 211 g/mol. The molecule has 1 amide bonds. The van der Waals surface area contributed by atoms with Crippen LogP contribution in [0, 0.1) is 0 Å². The van der Waals surface area contributed by atoms with Crippen LogP contribution in [0.25, 0.3) is 0 Å².